The summed E-state index contributed by atoms with van der Waals surface area (Å²) in [5, 5.41) is 11.1. The van der Waals surface area contributed by atoms with Gasteiger partial charge in [-0.3, -0.25) is 4.79 Å². The Morgan fingerprint density at radius 2 is 2.29 bits per heavy atom. The van der Waals surface area contributed by atoms with Crippen LogP contribution in [0.25, 0.3) is 0 Å². The van der Waals surface area contributed by atoms with E-state index in [1.807, 2.05) is 0 Å². The fraction of sp³-hybridized carbons (Fsp3) is 0.250. The molecule has 0 aliphatic heterocycles. The number of rotatable bonds is 3. The van der Waals surface area contributed by atoms with Crippen molar-refractivity contribution in [3.8, 4) is 0 Å². The van der Waals surface area contributed by atoms with Gasteiger partial charge in [-0.1, -0.05) is 0 Å². The maximum absolute atomic E-state index is 11.2. The molecule has 2 N–H and O–H groups in total. The molecule has 74 valence electrons. The summed E-state index contributed by atoms with van der Waals surface area (Å²) < 4.78 is 0. The lowest BCUT2D eigenvalue weighted by molar-refractivity contribution is 0.0683. The first-order valence-electron chi connectivity index (χ1n) is 3.99. The molecule has 0 fully saturated rings. The van der Waals surface area contributed by atoms with Crippen LogP contribution in [0.1, 0.15) is 28.0 Å². The predicted octanol–water partition coefficient (Wildman–Crippen LogP) is -0.0755. The summed E-state index contributed by atoms with van der Waals surface area (Å²) in [5.41, 5.74) is 0.0549. The van der Waals surface area contributed by atoms with E-state index in [1.54, 1.807) is 6.92 Å². The highest BCUT2D eigenvalue weighted by molar-refractivity contribution is 5.93. The van der Waals surface area contributed by atoms with E-state index in [2.05, 4.69) is 15.3 Å². The molecule has 0 aliphatic carbocycles. The Kier molecular flexibility index (Phi) is 3.11. The van der Waals surface area contributed by atoms with Crippen LogP contribution < -0.4 is 5.32 Å². The molecule has 0 radical (unpaired) electrons. The highest BCUT2D eigenvalue weighted by atomic mass is 16.4. The molecular formula is C8H9N3O3. The molecule has 0 atom stereocenters. The Morgan fingerprint density at radius 1 is 1.57 bits per heavy atom. The van der Waals surface area contributed by atoms with Crippen LogP contribution in [-0.2, 0) is 0 Å². The largest absolute Gasteiger partial charge is 0.475 e. The Bertz CT molecular complexity index is 365. The zero-order valence-electron chi connectivity index (χ0n) is 7.52. The summed E-state index contributed by atoms with van der Waals surface area (Å²) in [6, 6.07) is 1.36. The molecule has 0 bridgehead atoms. The van der Waals surface area contributed by atoms with Crippen molar-refractivity contribution in [1.82, 2.24) is 15.3 Å². The van der Waals surface area contributed by atoms with Crippen molar-refractivity contribution < 1.29 is 14.7 Å². The van der Waals surface area contributed by atoms with E-state index in [1.165, 1.54) is 12.3 Å². The lowest BCUT2D eigenvalue weighted by Gasteiger charge is -2.00. The quantitative estimate of drug-likeness (QED) is 0.704. The smallest absolute Gasteiger partial charge is 0.373 e. The van der Waals surface area contributed by atoms with Crippen LogP contribution >= 0.6 is 0 Å². The van der Waals surface area contributed by atoms with Gasteiger partial charge >= 0.3 is 5.97 Å². The molecule has 1 aromatic heterocycles. The fourth-order valence-electron chi connectivity index (χ4n) is 0.839. The average Bonchev–Trinajstić information content (AvgIpc) is 2.18. The van der Waals surface area contributed by atoms with E-state index in [0.717, 1.165) is 0 Å². The fourth-order valence-corrected chi connectivity index (χ4v) is 0.839. The van der Waals surface area contributed by atoms with Gasteiger partial charge < -0.3 is 10.4 Å². The van der Waals surface area contributed by atoms with Crippen molar-refractivity contribution in [2.45, 2.75) is 6.92 Å². The summed E-state index contributed by atoms with van der Waals surface area (Å²) in [4.78, 5) is 28.8. The molecule has 1 amide bonds. The van der Waals surface area contributed by atoms with Crippen LogP contribution in [-0.4, -0.2) is 33.5 Å². The van der Waals surface area contributed by atoms with E-state index in [0.29, 0.717) is 6.54 Å². The minimum absolute atomic E-state index is 0.0549. The second-order valence-corrected chi connectivity index (χ2v) is 2.43. The molecule has 0 saturated heterocycles. The van der Waals surface area contributed by atoms with Gasteiger partial charge in [-0.2, -0.15) is 0 Å². The summed E-state index contributed by atoms with van der Waals surface area (Å²) in [5.74, 6) is -2.04. The second kappa shape index (κ2) is 4.31. The van der Waals surface area contributed by atoms with Crippen molar-refractivity contribution in [2.75, 3.05) is 6.54 Å². The van der Waals surface area contributed by atoms with Crippen LogP contribution in [0, 0.1) is 0 Å². The number of hydrogen-bond donors (Lipinski definition) is 2. The number of nitrogens with zero attached hydrogens (tertiary/aromatic N) is 2. The average molecular weight is 195 g/mol. The van der Waals surface area contributed by atoms with Crippen LogP contribution in [0.3, 0.4) is 0 Å². The Morgan fingerprint density at radius 3 is 2.86 bits per heavy atom. The van der Waals surface area contributed by atoms with Gasteiger partial charge in [0.15, 0.2) is 0 Å². The molecule has 0 spiro atoms. The maximum atomic E-state index is 11.2. The molecule has 14 heavy (non-hydrogen) atoms. The number of carbonyl (C=O) groups excluding carboxylic acids is 1. The van der Waals surface area contributed by atoms with Gasteiger partial charge in [0.05, 0.1) is 0 Å². The summed E-state index contributed by atoms with van der Waals surface area (Å²) in [7, 11) is 0. The molecule has 0 saturated carbocycles. The number of nitrogens with one attached hydrogen (secondary N) is 1. The zero-order chi connectivity index (χ0) is 10.6. The predicted molar refractivity (Wildman–Crippen MR) is 47.0 cm³/mol. The minimum Gasteiger partial charge on any atom is -0.475 e. The number of aromatic carboxylic acids is 1. The van der Waals surface area contributed by atoms with Crippen LogP contribution in [0.5, 0.6) is 0 Å². The highest BCUT2D eigenvalue weighted by Crippen LogP contribution is 1.95. The summed E-state index contributed by atoms with van der Waals surface area (Å²) >= 11 is 0. The summed E-state index contributed by atoms with van der Waals surface area (Å²) in [6.07, 6.45) is 1.24. The van der Waals surface area contributed by atoms with E-state index in [4.69, 9.17) is 5.11 Å². The lowest BCUT2D eigenvalue weighted by atomic mass is 10.3. The first kappa shape index (κ1) is 10.1. The summed E-state index contributed by atoms with van der Waals surface area (Å²) in [6.45, 7) is 2.22. The van der Waals surface area contributed by atoms with Crippen LogP contribution in [0.4, 0.5) is 0 Å². The van der Waals surface area contributed by atoms with Gasteiger partial charge in [-0.05, 0) is 13.0 Å². The molecule has 6 heteroatoms. The lowest BCUT2D eigenvalue weighted by Crippen LogP contribution is -2.24. The zero-order valence-corrected chi connectivity index (χ0v) is 7.52. The van der Waals surface area contributed by atoms with Crippen molar-refractivity contribution in [3.63, 3.8) is 0 Å². The van der Waals surface area contributed by atoms with Gasteiger partial charge in [0.25, 0.3) is 5.91 Å². The highest BCUT2D eigenvalue weighted by Gasteiger charge is 2.11. The van der Waals surface area contributed by atoms with Crippen molar-refractivity contribution in [1.29, 1.82) is 0 Å². The van der Waals surface area contributed by atoms with Crippen molar-refractivity contribution >= 4 is 11.9 Å². The first-order chi connectivity index (χ1) is 6.65. The van der Waals surface area contributed by atoms with Gasteiger partial charge in [0.1, 0.15) is 5.69 Å². The monoisotopic (exact) mass is 195 g/mol. The second-order valence-electron chi connectivity index (χ2n) is 2.43. The maximum Gasteiger partial charge on any atom is 0.373 e. The number of amides is 1. The topological polar surface area (TPSA) is 92.2 Å². The standard InChI is InChI=1S/C8H9N3O3/c1-2-9-7(12)5-3-4-10-6(11-5)8(13)14/h3-4H,2H2,1H3,(H,9,12)(H,13,14). The minimum atomic E-state index is -1.25. The molecule has 6 nitrogen and oxygen atoms in total. The van der Waals surface area contributed by atoms with Crippen LogP contribution in [0.2, 0.25) is 0 Å². The number of carboxylic acid groups (broad SMARTS) is 1. The molecule has 0 unspecified atom stereocenters. The van der Waals surface area contributed by atoms with Gasteiger partial charge in [0, 0.05) is 12.7 Å². The number of carboxylic acids is 1. The van der Waals surface area contributed by atoms with Crippen molar-refractivity contribution in [2.24, 2.45) is 0 Å². The van der Waals surface area contributed by atoms with E-state index >= 15 is 0 Å². The first-order valence-corrected chi connectivity index (χ1v) is 3.99. The van der Waals surface area contributed by atoms with E-state index < -0.39 is 11.9 Å². The third-order valence-corrected chi connectivity index (χ3v) is 1.42. The third-order valence-electron chi connectivity index (χ3n) is 1.42. The number of carbonyl (C=O) groups is 2. The van der Waals surface area contributed by atoms with Gasteiger partial charge in [-0.25, -0.2) is 14.8 Å². The van der Waals surface area contributed by atoms with Gasteiger partial charge in [-0.15, -0.1) is 0 Å². The molecule has 1 heterocycles. The number of hydrogen-bond acceptors (Lipinski definition) is 4. The molecule has 1 rings (SSSR count). The Balaban J connectivity index is 2.93. The van der Waals surface area contributed by atoms with Gasteiger partial charge in [0.2, 0.25) is 5.82 Å². The number of aromatic nitrogens is 2. The van der Waals surface area contributed by atoms with E-state index in [9.17, 15) is 9.59 Å². The SMILES string of the molecule is CCNC(=O)c1ccnc(C(=O)O)n1. The molecule has 0 aromatic carbocycles. The van der Waals surface area contributed by atoms with E-state index in [-0.39, 0.29) is 11.5 Å². The molecule has 1 aromatic rings. The Labute approximate surface area is 80.0 Å². The molecular weight excluding hydrogens is 186 g/mol. The van der Waals surface area contributed by atoms with Crippen molar-refractivity contribution in [3.05, 3.63) is 23.8 Å². The normalized spacial score (nSPS) is 9.50. The Hall–Kier alpha value is -1.98. The third kappa shape index (κ3) is 2.25. The van der Waals surface area contributed by atoms with Crippen LogP contribution in [0.15, 0.2) is 12.3 Å². The molecule has 0 aliphatic rings.